The van der Waals surface area contributed by atoms with Crippen molar-refractivity contribution in [2.75, 3.05) is 5.32 Å². The Morgan fingerprint density at radius 2 is 1.41 bits per heavy atom. The third-order valence-electron chi connectivity index (χ3n) is 6.30. The first-order valence-electron chi connectivity index (χ1n) is 9.84. The summed E-state index contributed by atoms with van der Waals surface area (Å²) in [4.78, 5) is 13.3. The lowest BCUT2D eigenvalue weighted by Crippen LogP contribution is -2.38. The highest BCUT2D eigenvalue weighted by atomic mass is 16.1. The number of anilines is 1. The molecule has 0 fully saturated rings. The molecule has 1 unspecified atom stereocenters. The van der Waals surface area contributed by atoms with Gasteiger partial charge in [0.05, 0.1) is 5.92 Å². The van der Waals surface area contributed by atoms with E-state index in [1.165, 1.54) is 27.8 Å². The van der Waals surface area contributed by atoms with Crippen molar-refractivity contribution >= 4 is 11.6 Å². The number of hydrogen-bond donors (Lipinski definition) is 1. The Morgan fingerprint density at radius 3 is 2.04 bits per heavy atom. The van der Waals surface area contributed by atoms with Gasteiger partial charge in [-0.2, -0.15) is 0 Å². The summed E-state index contributed by atoms with van der Waals surface area (Å²) >= 11 is 0. The molecule has 6 rings (SSSR count). The zero-order chi connectivity index (χ0) is 18.4. The Balaban J connectivity index is 1.55. The van der Waals surface area contributed by atoms with Crippen LogP contribution in [-0.4, -0.2) is 5.91 Å². The minimum atomic E-state index is -0.0234. The second kappa shape index (κ2) is 6.38. The fourth-order valence-electron chi connectivity index (χ4n) is 5.07. The lowest BCUT2D eigenvalue weighted by molar-refractivity contribution is -0.121. The van der Waals surface area contributed by atoms with Crippen molar-refractivity contribution in [1.29, 1.82) is 0 Å². The third-order valence-corrected chi connectivity index (χ3v) is 6.30. The average Bonchev–Trinajstić information content (AvgIpc) is 2.74. The van der Waals surface area contributed by atoms with Crippen molar-refractivity contribution in [1.82, 2.24) is 0 Å². The molecular weight excluding hydrogens is 330 g/mol. The summed E-state index contributed by atoms with van der Waals surface area (Å²) in [7, 11) is 0. The zero-order valence-corrected chi connectivity index (χ0v) is 15.5. The molecule has 3 aliphatic rings. The summed E-state index contributed by atoms with van der Waals surface area (Å²) in [6.45, 7) is 2.13. The molecule has 0 radical (unpaired) electrons. The number of para-hydroxylation sites is 1. The molecule has 2 heteroatoms. The van der Waals surface area contributed by atoms with Gasteiger partial charge in [0.1, 0.15) is 0 Å². The maximum atomic E-state index is 13.3. The monoisotopic (exact) mass is 353 g/mol. The van der Waals surface area contributed by atoms with Gasteiger partial charge >= 0.3 is 0 Å². The van der Waals surface area contributed by atoms with E-state index in [9.17, 15) is 4.79 Å². The second-order valence-corrected chi connectivity index (χ2v) is 7.63. The van der Waals surface area contributed by atoms with Crippen molar-refractivity contribution in [3.63, 3.8) is 0 Å². The maximum absolute atomic E-state index is 13.3. The van der Waals surface area contributed by atoms with E-state index in [0.717, 1.165) is 18.5 Å². The van der Waals surface area contributed by atoms with Gasteiger partial charge in [-0.05, 0) is 46.7 Å². The first-order valence-corrected chi connectivity index (χ1v) is 9.84. The van der Waals surface area contributed by atoms with Gasteiger partial charge < -0.3 is 5.32 Å². The van der Waals surface area contributed by atoms with Gasteiger partial charge in [-0.25, -0.2) is 0 Å². The fourth-order valence-corrected chi connectivity index (χ4v) is 5.07. The van der Waals surface area contributed by atoms with E-state index in [-0.39, 0.29) is 17.7 Å². The van der Waals surface area contributed by atoms with Crippen molar-refractivity contribution in [3.05, 3.63) is 101 Å². The van der Waals surface area contributed by atoms with Crippen LogP contribution in [0.3, 0.4) is 0 Å². The zero-order valence-electron chi connectivity index (χ0n) is 15.5. The van der Waals surface area contributed by atoms with Crippen molar-refractivity contribution in [2.24, 2.45) is 5.92 Å². The molecule has 3 aromatic rings. The number of benzene rings is 3. The minimum Gasteiger partial charge on any atom is -0.326 e. The number of aryl methyl sites for hydroxylation is 1. The van der Waals surface area contributed by atoms with Crippen molar-refractivity contribution in [3.8, 4) is 0 Å². The van der Waals surface area contributed by atoms with Crippen LogP contribution in [0.1, 0.15) is 53.0 Å². The molecule has 1 atom stereocenters. The highest BCUT2D eigenvalue weighted by Crippen LogP contribution is 2.55. The van der Waals surface area contributed by atoms with Crippen LogP contribution in [0.25, 0.3) is 0 Å². The first-order chi connectivity index (χ1) is 13.3. The smallest absolute Gasteiger partial charge is 0.228 e. The fraction of sp³-hybridized carbons (Fsp3) is 0.240. The number of carbonyl (C=O) groups is 1. The van der Waals surface area contributed by atoms with Crippen LogP contribution in [0.2, 0.25) is 0 Å². The lowest BCUT2D eigenvalue weighted by atomic mass is 9.59. The average molecular weight is 353 g/mol. The summed E-state index contributed by atoms with van der Waals surface area (Å²) in [5, 5.41) is 3.24. The van der Waals surface area contributed by atoms with E-state index in [2.05, 4.69) is 66.8 Å². The normalized spacial score (nSPS) is 22.0. The molecule has 0 heterocycles. The Bertz CT molecular complexity index is 975. The number of carbonyl (C=O) groups excluding carboxylic acids is 1. The maximum Gasteiger partial charge on any atom is 0.228 e. The van der Waals surface area contributed by atoms with E-state index in [0.29, 0.717) is 5.92 Å². The molecule has 0 saturated heterocycles. The molecule has 3 aromatic carbocycles. The summed E-state index contributed by atoms with van der Waals surface area (Å²) < 4.78 is 0. The van der Waals surface area contributed by atoms with Crippen LogP contribution >= 0.6 is 0 Å². The van der Waals surface area contributed by atoms with Gasteiger partial charge in [-0.3, -0.25) is 4.79 Å². The number of amides is 1. The molecule has 0 aromatic heterocycles. The highest BCUT2D eigenvalue weighted by Gasteiger charge is 2.45. The number of rotatable bonds is 3. The van der Waals surface area contributed by atoms with Gasteiger partial charge in [0.25, 0.3) is 0 Å². The van der Waals surface area contributed by atoms with E-state index in [4.69, 9.17) is 0 Å². The van der Waals surface area contributed by atoms with E-state index >= 15 is 0 Å². The van der Waals surface area contributed by atoms with Gasteiger partial charge in [0.15, 0.2) is 0 Å². The van der Waals surface area contributed by atoms with Crippen LogP contribution in [0.5, 0.6) is 0 Å². The van der Waals surface area contributed by atoms with Crippen LogP contribution in [0.4, 0.5) is 5.69 Å². The number of fused-ring (bicyclic) bond motifs is 1. The predicted molar refractivity (Wildman–Crippen MR) is 109 cm³/mol. The van der Waals surface area contributed by atoms with Crippen LogP contribution < -0.4 is 5.32 Å². The highest BCUT2D eigenvalue weighted by molar-refractivity contribution is 5.95. The topological polar surface area (TPSA) is 29.1 Å². The lowest BCUT2D eigenvalue weighted by Gasteiger charge is -2.44. The van der Waals surface area contributed by atoms with E-state index < -0.39 is 0 Å². The molecule has 2 bridgehead atoms. The molecule has 2 nitrogen and oxygen atoms in total. The van der Waals surface area contributed by atoms with E-state index in [1.54, 1.807) is 0 Å². The minimum absolute atomic E-state index is 0.0234. The Morgan fingerprint density at radius 1 is 0.852 bits per heavy atom. The van der Waals surface area contributed by atoms with Crippen LogP contribution in [-0.2, 0) is 11.2 Å². The quantitative estimate of drug-likeness (QED) is 0.663. The Kier molecular flexibility index (Phi) is 3.86. The molecule has 1 N–H and O–H groups in total. The SMILES string of the molecule is CCc1ccccc1NC(=O)C1CC2c3ccccc3C1c1ccccc12. The van der Waals surface area contributed by atoms with Gasteiger partial charge in [-0.15, -0.1) is 0 Å². The molecular formula is C25H23NO. The third kappa shape index (κ3) is 2.51. The van der Waals surface area contributed by atoms with Crippen molar-refractivity contribution < 1.29 is 4.79 Å². The van der Waals surface area contributed by atoms with Gasteiger partial charge in [0.2, 0.25) is 5.91 Å². The molecule has 3 aliphatic carbocycles. The Labute approximate surface area is 160 Å². The first kappa shape index (κ1) is 16.3. The van der Waals surface area contributed by atoms with Crippen molar-refractivity contribution in [2.45, 2.75) is 31.6 Å². The molecule has 27 heavy (non-hydrogen) atoms. The van der Waals surface area contributed by atoms with Crippen LogP contribution in [0, 0.1) is 5.92 Å². The summed E-state index contributed by atoms with van der Waals surface area (Å²) in [6, 6.07) is 25.5. The van der Waals surface area contributed by atoms with Gasteiger partial charge in [-0.1, -0.05) is 73.7 Å². The second-order valence-electron chi connectivity index (χ2n) is 7.63. The molecule has 0 saturated carbocycles. The summed E-state index contributed by atoms with van der Waals surface area (Å²) in [6.07, 6.45) is 1.80. The molecule has 0 spiro atoms. The standard InChI is InChI=1S/C25H23NO/c1-2-16-9-3-8-14-23(16)26-25(27)22-15-21-17-10-4-6-12-19(17)24(22)20-13-7-5-11-18(20)21/h3-14,21-22,24H,2,15H2,1H3,(H,26,27). The molecule has 134 valence electrons. The predicted octanol–water partition coefficient (Wildman–Crippen LogP) is 5.48. The summed E-state index contributed by atoms with van der Waals surface area (Å²) in [5.41, 5.74) is 7.60. The molecule has 0 aliphatic heterocycles. The number of nitrogens with one attached hydrogen (secondary N) is 1. The Hall–Kier alpha value is -2.87. The van der Waals surface area contributed by atoms with E-state index in [1.807, 2.05) is 18.2 Å². The van der Waals surface area contributed by atoms with Gasteiger partial charge in [0, 0.05) is 17.5 Å². The number of hydrogen-bond acceptors (Lipinski definition) is 1. The largest absolute Gasteiger partial charge is 0.326 e. The van der Waals surface area contributed by atoms with Crippen LogP contribution in [0.15, 0.2) is 72.8 Å². The summed E-state index contributed by atoms with van der Waals surface area (Å²) in [5.74, 6) is 0.593. The molecule has 1 amide bonds.